The van der Waals surface area contributed by atoms with Crippen LogP contribution in [0.4, 0.5) is 0 Å². The molecule has 1 saturated heterocycles. The number of hydrogen-bond donors (Lipinski definition) is 1. The van der Waals surface area contributed by atoms with Crippen LogP contribution < -0.4 is 5.73 Å². The fourth-order valence-electron chi connectivity index (χ4n) is 2.09. The molecule has 1 unspecified atom stereocenters. The Balaban J connectivity index is 2.00. The lowest BCUT2D eigenvalue weighted by Crippen LogP contribution is -2.39. The van der Waals surface area contributed by atoms with Gasteiger partial charge in [-0.25, -0.2) is 0 Å². The Kier molecular flexibility index (Phi) is 3.89. The number of thiophene rings is 1. The first-order valence-corrected chi connectivity index (χ1v) is 7.41. The number of thioether (sulfide) groups is 1. The van der Waals surface area contributed by atoms with Crippen molar-refractivity contribution in [1.82, 2.24) is 4.90 Å². The zero-order valence-electron chi connectivity index (χ0n) is 9.31. The van der Waals surface area contributed by atoms with Crippen LogP contribution in [0.2, 0.25) is 0 Å². The van der Waals surface area contributed by atoms with Gasteiger partial charge in [0.15, 0.2) is 0 Å². The van der Waals surface area contributed by atoms with E-state index < -0.39 is 0 Å². The fraction of sp³-hybridized carbons (Fsp3) is 0.545. The molecule has 2 rings (SSSR count). The van der Waals surface area contributed by atoms with Crippen LogP contribution in [0.1, 0.15) is 17.7 Å². The van der Waals surface area contributed by atoms with E-state index in [1.807, 2.05) is 0 Å². The molecule has 1 atom stereocenters. The van der Waals surface area contributed by atoms with Crippen LogP contribution >= 0.6 is 23.1 Å². The van der Waals surface area contributed by atoms with Crippen LogP contribution in [-0.2, 0) is 11.3 Å². The highest BCUT2D eigenvalue weighted by Crippen LogP contribution is 2.28. The minimum absolute atomic E-state index is 0.0557. The van der Waals surface area contributed by atoms with E-state index in [1.54, 1.807) is 23.1 Å². The summed E-state index contributed by atoms with van der Waals surface area (Å²) in [7, 11) is 0. The van der Waals surface area contributed by atoms with Crippen molar-refractivity contribution >= 4 is 29.0 Å². The Morgan fingerprint density at radius 2 is 2.50 bits per heavy atom. The maximum atomic E-state index is 11.2. The molecular formula is C11H16N2OS2. The first kappa shape index (κ1) is 12.0. The van der Waals surface area contributed by atoms with E-state index in [1.165, 1.54) is 9.09 Å². The van der Waals surface area contributed by atoms with Crippen LogP contribution in [0, 0.1) is 0 Å². The molecule has 1 fully saturated rings. The van der Waals surface area contributed by atoms with Crippen LogP contribution in [0.15, 0.2) is 16.3 Å². The predicted molar refractivity (Wildman–Crippen MR) is 68.7 cm³/mol. The second-order valence-electron chi connectivity index (χ2n) is 3.96. The number of carbonyl (C=O) groups is 1. The molecule has 0 aliphatic carbocycles. The van der Waals surface area contributed by atoms with Crippen LogP contribution in [0.25, 0.3) is 0 Å². The van der Waals surface area contributed by atoms with Gasteiger partial charge in [-0.1, -0.05) is 0 Å². The van der Waals surface area contributed by atoms with Crippen molar-refractivity contribution in [2.24, 2.45) is 5.73 Å². The van der Waals surface area contributed by atoms with Crippen molar-refractivity contribution in [1.29, 1.82) is 0 Å². The highest BCUT2D eigenvalue weighted by atomic mass is 32.2. The van der Waals surface area contributed by atoms with E-state index in [9.17, 15) is 4.79 Å². The Labute approximate surface area is 104 Å². The maximum Gasteiger partial charge on any atom is 0.234 e. The lowest BCUT2D eigenvalue weighted by atomic mass is 10.2. The Morgan fingerprint density at radius 3 is 3.12 bits per heavy atom. The van der Waals surface area contributed by atoms with Crippen molar-refractivity contribution in [3.63, 3.8) is 0 Å². The molecule has 0 bridgehead atoms. The average Bonchev–Trinajstić information content (AvgIpc) is 2.87. The quantitative estimate of drug-likeness (QED) is 0.837. The van der Waals surface area contributed by atoms with E-state index >= 15 is 0 Å². The number of primary amides is 1. The highest BCUT2D eigenvalue weighted by Gasteiger charge is 2.28. The average molecular weight is 256 g/mol. The van der Waals surface area contributed by atoms with Gasteiger partial charge in [0.25, 0.3) is 0 Å². The maximum absolute atomic E-state index is 11.2. The molecule has 0 saturated carbocycles. The van der Waals surface area contributed by atoms with Crippen molar-refractivity contribution in [2.45, 2.75) is 29.6 Å². The molecule has 88 valence electrons. The Hall–Kier alpha value is -0.520. The largest absolute Gasteiger partial charge is 0.368 e. The van der Waals surface area contributed by atoms with Crippen LogP contribution in [-0.4, -0.2) is 29.6 Å². The smallest absolute Gasteiger partial charge is 0.234 e. The second-order valence-corrected chi connectivity index (χ2v) is 6.23. The lowest BCUT2D eigenvalue weighted by molar-refractivity contribution is -0.122. The van der Waals surface area contributed by atoms with E-state index in [4.69, 9.17) is 5.73 Å². The molecule has 2 heterocycles. The van der Waals surface area contributed by atoms with Crippen LogP contribution in [0.3, 0.4) is 0 Å². The van der Waals surface area contributed by atoms with Gasteiger partial charge >= 0.3 is 0 Å². The molecule has 1 aliphatic rings. The molecule has 1 aliphatic heterocycles. The Bertz CT molecular complexity index is 378. The van der Waals surface area contributed by atoms with Crippen molar-refractivity contribution in [3.05, 3.63) is 17.0 Å². The number of hydrogen-bond acceptors (Lipinski definition) is 4. The van der Waals surface area contributed by atoms with Crippen LogP contribution in [0.5, 0.6) is 0 Å². The normalized spacial score (nSPS) is 21.4. The summed E-state index contributed by atoms with van der Waals surface area (Å²) in [6.07, 6.45) is 4.07. The summed E-state index contributed by atoms with van der Waals surface area (Å²) in [6.45, 7) is 1.85. The number of rotatable bonds is 4. The topological polar surface area (TPSA) is 46.3 Å². The third-order valence-corrected chi connectivity index (χ3v) is 5.04. The standard InChI is InChI=1S/C11H16N2OS2/c1-15-10-5-4-8(16-10)7-13-6-2-3-9(13)11(12)14/h4-5,9H,2-3,6-7H2,1H3,(H2,12,14). The molecule has 3 nitrogen and oxygen atoms in total. The third kappa shape index (κ3) is 2.59. The summed E-state index contributed by atoms with van der Waals surface area (Å²) in [6, 6.07) is 4.23. The van der Waals surface area contributed by atoms with Gasteiger partial charge < -0.3 is 5.73 Å². The first-order chi connectivity index (χ1) is 7.70. The SMILES string of the molecule is CSc1ccc(CN2CCCC2C(N)=O)s1. The van der Waals surface area contributed by atoms with Gasteiger partial charge in [0.05, 0.1) is 10.3 Å². The molecule has 5 heteroatoms. The summed E-state index contributed by atoms with van der Waals surface area (Å²) in [5.74, 6) is -0.181. The minimum atomic E-state index is -0.181. The zero-order chi connectivity index (χ0) is 11.5. The molecule has 1 aromatic rings. The molecule has 0 spiro atoms. The number of amides is 1. The van der Waals surface area contributed by atoms with E-state index in [0.717, 1.165) is 25.9 Å². The predicted octanol–water partition coefficient (Wildman–Crippen LogP) is 1.92. The first-order valence-electron chi connectivity index (χ1n) is 5.37. The molecule has 16 heavy (non-hydrogen) atoms. The zero-order valence-corrected chi connectivity index (χ0v) is 10.9. The lowest BCUT2D eigenvalue weighted by Gasteiger charge is -2.20. The van der Waals surface area contributed by atoms with E-state index in [2.05, 4.69) is 23.3 Å². The summed E-state index contributed by atoms with van der Waals surface area (Å²) in [5, 5.41) is 0. The van der Waals surface area contributed by atoms with Crippen molar-refractivity contribution < 1.29 is 4.79 Å². The number of likely N-dealkylation sites (tertiary alicyclic amines) is 1. The van der Waals surface area contributed by atoms with Gasteiger partial charge in [0, 0.05) is 11.4 Å². The molecule has 0 aromatic carbocycles. The Morgan fingerprint density at radius 1 is 1.69 bits per heavy atom. The minimum Gasteiger partial charge on any atom is -0.368 e. The molecule has 2 N–H and O–H groups in total. The third-order valence-electron chi connectivity index (χ3n) is 2.89. The van der Waals surface area contributed by atoms with Crippen molar-refractivity contribution in [3.8, 4) is 0 Å². The second kappa shape index (κ2) is 5.21. The number of nitrogens with zero attached hydrogens (tertiary/aromatic N) is 1. The molecule has 1 amide bonds. The number of carbonyl (C=O) groups excluding carboxylic acids is 1. The fourth-order valence-corrected chi connectivity index (χ4v) is 3.71. The summed E-state index contributed by atoms with van der Waals surface area (Å²) < 4.78 is 1.32. The van der Waals surface area contributed by atoms with Gasteiger partial charge in [-0.15, -0.1) is 23.1 Å². The van der Waals surface area contributed by atoms with Gasteiger partial charge in [-0.05, 0) is 37.8 Å². The van der Waals surface area contributed by atoms with Gasteiger partial charge in [0.2, 0.25) is 5.91 Å². The number of nitrogens with two attached hydrogens (primary N) is 1. The highest BCUT2D eigenvalue weighted by molar-refractivity contribution is 8.00. The van der Waals surface area contributed by atoms with Gasteiger partial charge in [-0.2, -0.15) is 0 Å². The summed E-state index contributed by atoms with van der Waals surface area (Å²) in [4.78, 5) is 14.8. The summed E-state index contributed by atoms with van der Waals surface area (Å²) in [5.41, 5.74) is 5.39. The van der Waals surface area contributed by atoms with Crippen molar-refractivity contribution in [2.75, 3.05) is 12.8 Å². The molecule has 0 radical (unpaired) electrons. The summed E-state index contributed by atoms with van der Waals surface area (Å²) >= 11 is 3.57. The van der Waals surface area contributed by atoms with E-state index in [-0.39, 0.29) is 11.9 Å². The van der Waals surface area contributed by atoms with Gasteiger partial charge in [0.1, 0.15) is 0 Å². The van der Waals surface area contributed by atoms with Gasteiger partial charge in [-0.3, -0.25) is 9.69 Å². The molecule has 1 aromatic heterocycles. The monoisotopic (exact) mass is 256 g/mol. The molecular weight excluding hydrogens is 240 g/mol. The van der Waals surface area contributed by atoms with E-state index in [0.29, 0.717) is 0 Å².